The molecule has 0 atom stereocenters. The molecule has 4 heteroatoms. The fourth-order valence-corrected chi connectivity index (χ4v) is 3.69. The lowest BCUT2D eigenvalue weighted by Gasteiger charge is -2.06. The number of anilines is 1. The summed E-state index contributed by atoms with van der Waals surface area (Å²) in [5, 5.41) is 5.39. The maximum atomic E-state index is 11.5. The van der Waals surface area contributed by atoms with E-state index in [9.17, 15) is 4.79 Å². The number of nitrogens with zero attached hydrogens (tertiary/aromatic N) is 2. The van der Waals surface area contributed by atoms with Crippen LogP contribution in [0.4, 0.5) is 5.69 Å². The maximum absolute atomic E-state index is 11.5. The minimum Gasteiger partial charge on any atom is -0.326 e. The number of nitrogens with one attached hydrogen (secondary N) is 1. The molecule has 0 fully saturated rings. The first-order valence-electron chi connectivity index (χ1n) is 9.46. The summed E-state index contributed by atoms with van der Waals surface area (Å²) in [6.07, 6.45) is 5.90. The lowest BCUT2D eigenvalue weighted by molar-refractivity contribution is -0.115. The van der Waals surface area contributed by atoms with Crippen molar-refractivity contribution in [2.24, 2.45) is 0 Å². The van der Waals surface area contributed by atoms with Crippen LogP contribution in [0.25, 0.3) is 21.9 Å². The van der Waals surface area contributed by atoms with E-state index in [0.717, 1.165) is 41.0 Å². The first kappa shape index (κ1) is 16.6. The van der Waals surface area contributed by atoms with E-state index in [1.807, 2.05) is 30.6 Å². The van der Waals surface area contributed by atoms with Crippen molar-refractivity contribution in [3.8, 4) is 11.1 Å². The molecule has 2 heterocycles. The van der Waals surface area contributed by atoms with Gasteiger partial charge in [0, 0.05) is 30.1 Å². The number of carbonyl (C=O) groups excluding carboxylic acids is 1. The molecule has 0 bridgehead atoms. The molecule has 0 aliphatic carbocycles. The number of amides is 1. The van der Waals surface area contributed by atoms with Crippen LogP contribution in [-0.2, 0) is 24.1 Å². The van der Waals surface area contributed by atoms with Gasteiger partial charge in [-0.25, -0.2) is 9.97 Å². The molecule has 4 aromatic rings. The standard InChI is InChI=1S/C24H19N3O/c28-24-13-20-12-19(8-9-22(20)27-24)21-14-25-23(26-15-21)10-6-16-5-7-17-3-1-2-4-18(17)11-16/h1-5,7-9,11-12,14-15H,6,10,13H2,(H,27,28). The van der Waals surface area contributed by atoms with Crippen molar-refractivity contribution in [2.75, 3.05) is 5.32 Å². The fourth-order valence-electron chi connectivity index (χ4n) is 3.69. The van der Waals surface area contributed by atoms with E-state index in [0.29, 0.717) is 6.42 Å². The zero-order valence-electron chi connectivity index (χ0n) is 15.4. The van der Waals surface area contributed by atoms with E-state index in [4.69, 9.17) is 0 Å². The molecule has 0 spiro atoms. The minimum atomic E-state index is 0.0486. The van der Waals surface area contributed by atoms with Crippen molar-refractivity contribution in [3.63, 3.8) is 0 Å². The summed E-state index contributed by atoms with van der Waals surface area (Å²) in [5.74, 6) is 0.891. The SMILES string of the molecule is O=C1Cc2cc(-c3cnc(CCc4ccc5ccccc5c4)nc3)ccc2N1. The molecule has 0 unspecified atom stereocenters. The second kappa shape index (κ2) is 6.89. The summed E-state index contributed by atoms with van der Waals surface area (Å²) in [5.41, 5.74) is 5.24. The highest BCUT2D eigenvalue weighted by Crippen LogP contribution is 2.28. The highest BCUT2D eigenvalue weighted by atomic mass is 16.1. The Morgan fingerprint density at radius 3 is 2.50 bits per heavy atom. The smallest absolute Gasteiger partial charge is 0.228 e. The third-order valence-corrected chi connectivity index (χ3v) is 5.22. The zero-order valence-corrected chi connectivity index (χ0v) is 15.4. The zero-order chi connectivity index (χ0) is 18.9. The second-order valence-electron chi connectivity index (χ2n) is 7.17. The Morgan fingerprint density at radius 1 is 0.821 bits per heavy atom. The summed E-state index contributed by atoms with van der Waals surface area (Å²) in [7, 11) is 0. The Balaban J connectivity index is 1.30. The van der Waals surface area contributed by atoms with Crippen LogP contribution in [0.1, 0.15) is 17.0 Å². The molecule has 1 aliphatic rings. The number of benzene rings is 3. The number of carbonyl (C=O) groups is 1. The summed E-state index contributed by atoms with van der Waals surface area (Å²) in [6, 6.07) is 21.0. The Labute approximate surface area is 163 Å². The van der Waals surface area contributed by atoms with Crippen LogP contribution >= 0.6 is 0 Å². The Bertz CT molecular complexity index is 1180. The summed E-state index contributed by atoms with van der Waals surface area (Å²) < 4.78 is 0. The highest BCUT2D eigenvalue weighted by Gasteiger charge is 2.17. The summed E-state index contributed by atoms with van der Waals surface area (Å²) in [4.78, 5) is 20.6. The van der Waals surface area contributed by atoms with Gasteiger partial charge in [-0.2, -0.15) is 0 Å². The summed E-state index contributed by atoms with van der Waals surface area (Å²) in [6.45, 7) is 0. The molecule has 1 aromatic heterocycles. The van der Waals surface area contributed by atoms with E-state index < -0.39 is 0 Å². The average molecular weight is 365 g/mol. The fraction of sp³-hybridized carbons (Fsp3) is 0.125. The molecule has 28 heavy (non-hydrogen) atoms. The van der Waals surface area contributed by atoms with Gasteiger partial charge >= 0.3 is 0 Å². The van der Waals surface area contributed by atoms with Crippen molar-refractivity contribution < 1.29 is 4.79 Å². The van der Waals surface area contributed by atoms with Gasteiger partial charge in [0.15, 0.2) is 0 Å². The molecule has 1 amide bonds. The maximum Gasteiger partial charge on any atom is 0.228 e. The number of hydrogen-bond donors (Lipinski definition) is 1. The van der Waals surface area contributed by atoms with Gasteiger partial charge in [-0.15, -0.1) is 0 Å². The van der Waals surface area contributed by atoms with Crippen LogP contribution in [0.5, 0.6) is 0 Å². The van der Waals surface area contributed by atoms with E-state index in [1.165, 1.54) is 16.3 Å². The second-order valence-corrected chi connectivity index (χ2v) is 7.17. The van der Waals surface area contributed by atoms with Gasteiger partial charge < -0.3 is 5.32 Å². The molecule has 0 saturated carbocycles. The predicted octanol–water partition coefficient (Wildman–Crippen LogP) is 4.58. The van der Waals surface area contributed by atoms with Gasteiger partial charge in [-0.05, 0) is 46.0 Å². The lowest BCUT2D eigenvalue weighted by atomic mass is 10.0. The van der Waals surface area contributed by atoms with Crippen LogP contribution in [0, 0.1) is 0 Å². The van der Waals surface area contributed by atoms with Crippen molar-refractivity contribution >= 4 is 22.4 Å². The molecular formula is C24H19N3O. The van der Waals surface area contributed by atoms with Crippen molar-refractivity contribution in [3.05, 3.63) is 90.0 Å². The average Bonchev–Trinajstić information content (AvgIpc) is 3.11. The molecule has 0 radical (unpaired) electrons. The van der Waals surface area contributed by atoms with Gasteiger partial charge in [0.1, 0.15) is 5.82 Å². The Kier molecular flexibility index (Phi) is 4.09. The molecule has 3 aromatic carbocycles. The van der Waals surface area contributed by atoms with Crippen molar-refractivity contribution in [2.45, 2.75) is 19.3 Å². The van der Waals surface area contributed by atoms with Crippen LogP contribution < -0.4 is 5.32 Å². The number of hydrogen-bond acceptors (Lipinski definition) is 3. The topological polar surface area (TPSA) is 54.9 Å². The number of aryl methyl sites for hydroxylation is 2. The lowest BCUT2D eigenvalue weighted by Crippen LogP contribution is -2.03. The molecule has 1 N–H and O–H groups in total. The van der Waals surface area contributed by atoms with Crippen LogP contribution in [0.3, 0.4) is 0 Å². The predicted molar refractivity (Wildman–Crippen MR) is 111 cm³/mol. The third kappa shape index (κ3) is 3.25. The highest BCUT2D eigenvalue weighted by molar-refractivity contribution is 5.99. The largest absolute Gasteiger partial charge is 0.326 e. The first-order valence-corrected chi connectivity index (χ1v) is 9.46. The van der Waals surface area contributed by atoms with E-state index >= 15 is 0 Å². The molecule has 136 valence electrons. The number of aromatic nitrogens is 2. The Hall–Kier alpha value is -3.53. The molecular weight excluding hydrogens is 346 g/mol. The van der Waals surface area contributed by atoms with E-state index in [-0.39, 0.29) is 5.91 Å². The van der Waals surface area contributed by atoms with Gasteiger partial charge in [-0.1, -0.05) is 48.5 Å². The van der Waals surface area contributed by atoms with Gasteiger partial charge in [-0.3, -0.25) is 4.79 Å². The van der Waals surface area contributed by atoms with Crippen molar-refractivity contribution in [1.29, 1.82) is 0 Å². The molecule has 0 saturated heterocycles. The van der Waals surface area contributed by atoms with Crippen LogP contribution in [-0.4, -0.2) is 15.9 Å². The van der Waals surface area contributed by atoms with E-state index in [1.54, 1.807) is 0 Å². The van der Waals surface area contributed by atoms with Gasteiger partial charge in [0.25, 0.3) is 0 Å². The quantitative estimate of drug-likeness (QED) is 0.576. The summed E-state index contributed by atoms with van der Waals surface area (Å²) >= 11 is 0. The molecule has 1 aliphatic heterocycles. The monoisotopic (exact) mass is 365 g/mol. The minimum absolute atomic E-state index is 0.0486. The first-order chi connectivity index (χ1) is 13.7. The Morgan fingerprint density at radius 2 is 1.64 bits per heavy atom. The van der Waals surface area contributed by atoms with Crippen LogP contribution in [0.2, 0.25) is 0 Å². The number of fused-ring (bicyclic) bond motifs is 2. The van der Waals surface area contributed by atoms with E-state index in [2.05, 4.69) is 57.7 Å². The normalized spacial score (nSPS) is 12.8. The third-order valence-electron chi connectivity index (χ3n) is 5.22. The van der Waals surface area contributed by atoms with Gasteiger partial charge in [0.2, 0.25) is 5.91 Å². The molecule has 5 rings (SSSR count). The number of rotatable bonds is 4. The van der Waals surface area contributed by atoms with Crippen molar-refractivity contribution in [1.82, 2.24) is 9.97 Å². The van der Waals surface area contributed by atoms with Crippen LogP contribution in [0.15, 0.2) is 73.1 Å². The molecule has 4 nitrogen and oxygen atoms in total. The van der Waals surface area contributed by atoms with Gasteiger partial charge in [0.05, 0.1) is 6.42 Å².